The first-order valence-corrected chi connectivity index (χ1v) is 12.4. The largest absolute Gasteiger partial charge is 0.363 e. The molecule has 1 amide bonds. The van der Waals surface area contributed by atoms with Crippen LogP contribution in [-0.2, 0) is 11.3 Å². The Hall–Kier alpha value is -3.79. The molecule has 3 aromatic rings. The maximum Gasteiger partial charge on any atom is 0.293 e. The molecule has 2 saturated heterocycles. The van der Waals surface area contributed by atoms with E-state index >= 15 is 0 Å². The second kappa shape index (κ2) is 10.1. The van der Waals surface area contributed by atoms with Crippen LogP contribution in [0, 0.1) is 10.1 Å². The number of piperidine rings is 1. The van der Waals surface area contributed by atoms with Crippen LogP contribution in [0.1, 0.15) is 19.3 Å². The van der Waals surface area contributed by atoms with Gasteiger partial charge in [0.1, 0.15) is 12.2 Å². The molecule has 10 nitrogen and oxygen atoms in total. The number of benzene rings is 2. The summed E-state index contributed by atoms with van der Waals surface area (Å²) < 4.78 is 1.20. The van der Waals surface area contributed by atoms with Gasteiger partial charge in [-0.15, -0.1) is 0 Å². The van der Waals surface area contributed by atoms with Crippen molar-refractivity contribution in [3.63, 3.8) is 0 Å². The molecule has 5 rings (SSSR count). The van der Waals surface area contributed by atoms with Gasteiger partial charge < -0.3 is 14.7 Å². The molecule has 0 spiro atoms. The van der Waals surface area contributed by atoms with Gasteiger partial charge in [0.25, 0.3) is 11.2 Å². The van der Waals surface area contributed by atoms with Crippen molar-refractivity contribution in [1.82, 2.24) is 19.6 Å². The number of hydrogen-bond donors (Lipinski definition) is 0. The number of fused-ring (bicyclic) bond motifs is 1. The Labute approximate surface area is 208 Å². The molecule has 188 valence electrons. The van der Waals surface area contributed by atoms with Crippen molar-refractivity contribution in [1.29, 1.82) is 0 Å². The highest BCUT2D eigenvalue weighted by Gasteiger charge is 2.25. The standard InChI is InChI=1S/C26H30N6O4/c1-28-13-15-29(16-14-28)22-10-9-19(17-23(22)32(35)36)25-20-7-3-4-8-21(20)26(34)31(27-25)18-24(33)30-11-5-2-6-12-30/h3-4,7-10,17H,2,5-6,11-16,18H2,1H3. The molecule has 0 atom stereocenters. The van der Waals surface area contributed by atoms with Gasteiger partial charge in [0.15, 0.2) is 0 Å². The minimum absolute atomic E-state index is 0.00470. The third-order valence-corrected chi connectivity index (χ3v) is 7.15. The Kier molecular flexibility index (Phi) is 6.69. The van der Waals surface area contributed by atoms with Gasteiger partial charge in [-0.05, 0) is 38.4 Å². The average molecular weight is 491 g/mol. The van der Waals surface area contributed by atoms with Crippen molar-refractivity contribution < 1.29 is 9.72 Å². The third-order valence-electron chi connectivity index (χ3n) is 7.15. The van der Waals surface area contributed by atoms with E-state index in [1.54, 1.807) is 29.2 Å². The number of carbonyl (C=O) groups is 1. The smallest absolute Gasteiger partial charge is 0.293 e. The highest BCUT2D eigenvalue weighted by atomic mass is 16.6. The molecule has 36 heavy (non-hydrogen) atoms. The maximum atomic E-state index is 13.2. The number of aromatic nitrogens is 2. The predicted molar refractivity (Wildman–Crippen MR) is 138 cm³/mol. The monoisotopic (exact) mass is 490 g/mol. The lowest BCUT2D eigenvalue weighted by molar-refractivity contribution is -0.384. The molecular formula is C26H30N6O4. The van der Waals surface area contributed by atoms with E-state index in [-0.39, 0.29) is 28.6 Å². The summed E-state index contributed by atoms with van der Waals surface area (Å²) in [6.07, 6.45) is 3.02. The second-order valence-corrected chi connectivity index (χ2v) is 9.55. The number of nitrogens with zero attached hydrogens (tertiary/aromatic N) is 6. The second-order valence-electron chi connectivity index (χ2n) is 9.55. The van der Waals surface area contributed by atoms with Crippen molar-refractivity contribution in [2.24, 2.45) is 0 Å². The number of piperazine rings is 1. The lowest BCUT2D eigenvalue weighted by Gasteiger charge is -2.33. The Balaban J connectivity index is 1.56. The number of carbonyl (C=O) groups excluding carboxylic acids is 1. The molecule has 2 aromatic carbocycles. The number of hydrogen-bond acceptors (Lipinski definition) is 7. The minimum Gasteiger partial charge on any atom is -0.363 e. The van der Waals surface area contributed by atoms with E-state index in [2.05, 4.69) is 10.00 Å². The molecule has 1 aromatic heterocycles. The normalized spacial score (nSPS) is 16.9. The molecule has 2 aliphatic rings. The number of nitro groups is 1. The number of rotatable bonds is 5. The fraction of sp³-hybridized carbons (Fsp3) is 0.423. The fourth-order valence-electron chi connectivity index (χ4n) is 5.06. The molecule has 10 heteroatoms. The highest BCUT2D eigenvalue weighted by molar-refractivity contribution is 5.94. The summed E-state index contributed by atoms with van der Waals surface area (Å²) in [4.78, 5) is 43.8. The van der Waals surface area contributed by atoms with E-state index in [0.717, 1.165) is 32.4 Å². The number of likely N-dealkylation sites (N-methyl/N-ethyl adjacent to an activating group) is 1. The molecule has 0 aliphatic carbocycles. The third kappa shape index (κ3) is 4.68. The first-order chi connectivity index (χ1) is 17.4. The summed E-state index contributed by atoms with van der Waals surface area (Å²) >= 11 is 0. The summed E-state index contributed by atoms with van der Waals surface area (Å²) in [5.74, 6) is -0.137. The van der Waals surface area contributed by atoms with E-state index in [0.29, 0.717) is 53.9 Å². The number of nitro benzene ring substituents is 1. The van der Waals surface area contributed by atoms with E-state index in [1.807, 2.05) is 24.1 Å². The Morgan fingerprint density at radius 2 is 1.67 bits per heavy atom. The zero-order valence-corrected chi connectivity index (χ0v) is 20.4. The van der Waals surface area contributed by atoms with Gasteiger partial charge in [-0.25, -0.2) is 4.68 Å². The molecule has 0 unspecified atom stereocenters. The summed E-state index contributed by atoms with van der Waals surface area (Å²) in [7, 11) is 2.04. The van der Waals surface area contributed by atoms with Crippen molar-refractivity contribution in [3.05, 3.63) is 62.9 Å². The van der Waals surface area contributed by atoms with E-state index in [1.165, 1.54) is 10.7 Å². The van der Waals surface area contributed by atoms with Crippen LogP contribution < -0.4 is 10.5 Å². The van der Waals surface area contributed by atoms with Crippen LogP contribution >= 0.6 is 0 Å². The molecule has 2 aliphatic heterocycles. The van der Waals surface area contributed by atoms with Gasteiger partial charge in [-0.1, -0.05) is 24.3 Å². The lowest BCUT2D eigenvalue weighted by Crippen LogP contribution is -2.44. The SMILES string of the molecule is CN1CCN(c2ccc(-c3nn(CC(=O)N4CCCCC4)c(=O)c4ccccc34)cc2[N+](=O)[O-])CC1. The van der Waals surface area contributed by atoms with Crippen LogP contribution in [0.4, 0.5) is 11.4 Å². The van der Waals surface area contributed by atoms with Gasteiger partial charge in [0, 0.05) is 56.3 Å². The van der Waals surface area contributed by atoms with Gasteiger partial charge in [0.2, 0.25) is 5.91 Å². The fourth-order valence-corrected chi connectivity index (χ4v) is 5.06. The summed E-state index contributed by atoms with van der Waals surface area (Å²) in [6, 6.07) is 12.2. The van der Waals surface area contributed by atoms with E-state index < -0.39 is 0 Å². The topological polar surface area (TPSA) is 105 Å². The molecule has 0 N–H and O–H groups in total. The van der Waals surface area contributed by atoms with Gasteiger partial charge >= 0.3 is 0 Å². The van der Waals surface area contributed by atoms with E-state index in [4.69, 9.17) is 0 Å². The summed E-state index contributed by atoms with van der Waals surface area (Å²) in [5.41, 5.74) is 1.22. The van der Waals surface area contributed by atoms with Crippen LogP contribution in [0.2, 0.25) is 0 Å². The van der Waals surface area contributed by atoms with Gasteiger partial charge in [-0.3, -0.25) is 19.7 Å². The summed E-state index contributed by atoms with van der Waals surface area (Å²) in [5, 5.41) is 17.7. The number of likely N-dealkylation sites (tertiary alicyclic amines) is 1. The zero-order valence-electron chi connectivity index (χ0n) is 20.4. The van der Waals surface area contributed by atoms with Crippen LogP contribution in [0.3, 0.4) is 0 Å². The average Bonchev–Trinajstić information content (AvgIpc) is 2.91. The molecule has 0 radical (unpaired) electrons. The molecule has 0 bridgehead atoms. The molecular weight excluding hydrogens is 460 g/mol. The van der Waals surface area contributed by atoms with Crippen molar-refractivity contribution in [3.8, 4) is 11.3 Å². The Morgan fingerprint density at radius 1 is 0.972 bits per heavy atom. The molecule has 0 saturated carbocycles. The highest BCUT2D eigenvalue weighted by Crippen LogP contribution is 2.35. The minimum atomic E-state index is -0.366. The maximum absolute atomic E-state index is 13.2. The van der Waals surface area contributed by atoms with E-state index in [9.17, 15) is 19.7 Å². The van der Waals surface area contributed by atoms with Crippen molar-refractivity contribution in [2.45, 2.75) is 25.8 Å². The lowest BCUT2D eigenvalue weighted by atomic mass is 10.0. The zero-order chi connectivity index (χ0) is 25.2. The first-order valence-electron chi connectivity index (χ1n) is 12.4. The van der Waals surface area contributed by atoms with Gasteiger partial charge in [0.05, 0.1) is 16.0 Å². The van der Waals surface area contributed by atoms with Crippen LogP contribution in [-0.4, -0.2) is 76.7 Å². The Bertz CT molecular complexity index is 1360. The van der Waals surface area contributed by atoms with Crippen molar-refractivity contribution >= 4 is 28.1 Å². The Morgan fingerprint density at radius 3 is 2.36 bits per heavy atom. The molecule has 3 heterocycles. The van der Waals surface area contributed by atoms with Crippen LogP contribution in [0.15, 0.2) is 47.3 Å². The van der Waals surface area contributed by atoms with Crippen LogP contribution in [0.25, 0.3) is 22.0 Å². The number of amides is 1. The van der Waals surface area contributed by atoms with Gasteiger partial charge in [-0.2, -0.15) is 5.10 Å². The van der Waals surface area contributed by atoms with Crippen LogP contribution in [0.5, 0.6) is 0 Å². The molecule has 2 fully saturated rings. The van der Waals surface area contributed by atoms with Crippen molar-refractivity contribution in [2.75, 3.05) is 51.2 Å². The predicted octanol–water partition coefficient (Wildman–Crippen LogP) is 2.74. The first kappa shape index (κ1) is 23.9. The number of anilines is 1. The quantitative estimate of drug-likeness (QED) is 0.400. The summed E-state index contributed by atoms with van der Waals surface area (Å²) in [6.45, 7) is 4.31.